The molecule has 2 aromatic heterocycles. The van der Waals surface area contributed by atoms with Gasteiger partial charge in [-0.2, -0.15) is 0 Å². The average Bonchev–Trinajstić information content (AvgIpc) is 3.11. The minimum Gasteiger partial charge on any atom is -0.354 e. The monoisotopic (exact) mass is 362 g/mol. The third kappa shape index (κ3) is 3.78. The normalized spacial score (nSPS) is 16.2. The number of nitrogens with zero attached hydrogens (tertiary/aromatic N) is 2. The van der Waals surface area contributed by atoms with Crippen LogP contribution in [0.3, 0.4) is 0 Å². The van der Waals surface area contributed by atoms with E-state index in [1.165, 1.54) is 59.2 Å². The Bertz CT molecular complexity index is 876. The van der Waals surface area contributed by atoms with Gasteiger partial charge in [-0.15, -0.1) is 0 Å². The van der Waals surface area contributed by atoms with E-state index < -0.39 is 0 Å². The van der Waals surface area contributed by atoms with Gasteiger partial charge >= 0.3 is 0 Å². The van der Waals surface area contributed by atoms with Crippen molar-refractivity contribution in [3.05, 3.63) is 53.9 Å². The molecule has 27 heavy (non-hydrogen) atoms. The summed E-state index contributed by atoms with van der Waals surface area (Å²) in [7, 11) is 2.03. The maximum Gasteiger partial charge on any atom is 0.0498 e. The number of likely N-dealkylation sites (tertiary alicyclic amines) is 1. The van der Waals surface area contributed by atoms with Crippen molar-refractivity contribution in [1.82, 2.24) is 20.2 Å². The van der Waals surface area contributed by atoms with E-state index in [-0.39, 0.29) is 0 Å². The van der Waals surface area contributed by atoms with Crippen LogP contribution in [0.15, 0.2) is 42.7 Å². The third-order valence-electron chi connectivity index (χ3n) is 5.99. The molecule has 0 bridgehead atoms. The molecule has 4 rings (SSSR count). The van der Waals surface area contributed by atoms with Crippen LogP contribution in [0.5, 0.6) is 0 Å². The van der Waals surface area contributed by atoms with Crippen molar-refractivity contribution < 1.29 is 0 Å². The fraction of sp³-hybridized carbons (Fsp3) is 0.435. The van der Waals surface area contributed by atoms with E-state index in [1.807, 2.05) is 19.4 Å². The van der Waals surface area contributed by atoms with Gasteiger partial charge in [-0.1, -0.05) is 13.0 Å². The Hall–Kier alpha value is -2.17. The summed E-state index contributed by atoms with van der Waals surface area (Å²) < 4.78 is 0. The molecular formula is C23H30N4. The van der Waals surface area contributed by atoms with Crippen LogP contribution in [0.2, 0.25) is 0 Å². The first-order chi connectivity index (χ1) is 13.3. The van der Waals surface area contributed by atoms with Crippen molar-refractivity contribution in [2.75, 3.05) is 33.2 Å². The lowest BCUT2D eigenvalue weighted by Crippen LogP contribution is -2.37. The van der Waals surface area contributed by atoms with Gasteiger partial charge in [0.1, 0.15) is 0 Å². The average molecular weight is 363 g/mol. The van der Waals surface area contributed by atoms with Crippen LogP contribution in [-0.2, 0) is 6.42 Å². The molecule has 0 unspecified atom stereocenters. The van der Waals surface area contributed by atoms with Gasteiger partial charge in [0.25, 0.3) is 0 Å². The number of hydrogen-bond donors (Lipinski definition) is 2. The minimum atomic E-state index is 0.684. The molecular weight excluding hydrogens is 332 g/mol. The van der Waals surface area contributed by atoms with Crippen LogP contribution in [0.4, 0.5) is 0 Å². The van der Waals surface area contributed by atoms with Gasteiger partial charge in [0.05, 0.1) is 0 Å². The number of nitrogens with one attached hydrogen (secondary N) is 2. The number of rotatable bonds is 6. The van der Waals surface area contributed by atoms with Gasteiger partial charge in [-0.3, -0.25) is 4.98 Å². The van der Waals surface area contributed by atoms with E-state index in [0.717, 1.165) is 19.5 Å². The maximum atomic E-state index is 4.16. The fourth-order valence-corrected chi connectivity index (χ4v) is 4.41. The predicted octanol–water partition coefficient (Wildman–Crippen LogP) is 4.19. The number of hydrogen-bond acceptors (Lipinski definition) is 3. The third-order valence-corrected chi connectivity index (χ3v) is 5.99. The van der Waals surface area contributed by atoms with Gasteiger partial charge in [-0.25, -0.2) is 0 Å². The summed E-state index contributed by atoms with van der Waals surface area (Å²) >= 11 is 0. The molecule has 0 aliphatic carbocycles. The van der Waals surface area contributed by atoms with Crippen molar-refractivity contribution in [3.63, 3.8) is 0 Å². The van der Waals surface area contributed by atoms with E-state index >= 15 is 0 Å². The number of likely N-dealkylation sites (N-methyl/N-ethyl adjacent to an activating group) is 1. The van der Waals surface area contributed by atoms with E-state index in [1.54, 1.807) is 0 Å². The number of aryl methyl sites for hydroxylation is 1. The molecule has 142 valence electrons. The van der Waals surface area contributed by atoms with Crippen LogP contribution >= 0.6 is 0 Å². The smallest absolute Gasteiger partial charge is 0.0498 e. The van der Waals surface area contributed by atoms with Crippen LogP contribution in [0.1, 0.15) is 36.8 Å². The Morgan fingerprint density at radius 1 is 1.15 bits per heavy atom. The predicted molar refractivity (Wildman–Crippen MR) is 113 cm³/mol. The molecule has 2 N–H and O–H groups in total. The lowest BCUT2D eigenvalue weighted by Gasteiger charge is -2.32. The summed E-state index contributed by atoms with van der Waals surface area (Å²) in [5.41, 5.74) is 6.63. The van der Waals surface area contributed by atoms with Crippen LogP contribution < -0.4 is 5.32 Å². The lowest BCUT2D eigenvalue weighted by molar-refractivity contribution is 0.214. The first-order valence-corrected chi connectivity index (χ1v) is 10.2. The van der Waals surface area contributed by atoms with E-state index in [4.69, 9.17) is 0 Å². The zero-order valence-electron chi connectivity index (χ0n) is 16.5. The Labute approximate surface area is 162 Å². The number of aromatic nitrogens is 2. The van der Waals surface area contributed by atoms with Crippen molar-refractivity contribution in [1.29, 1.82) is 0 Å². The summed E-state index contributed by atoms with van der Waals surface area (Å²) in [5, 5.41) is 4.65. The molecule has 1 aliphatic rings. The van der Waals surface area contributed by atoms with Crippen molar-refractivity contribution in [2.45, 2.75) is 32.1 Å². The van der Waals surface area contributed by atoms with Crippen LogP contribution in [-0.4, -0.2) is 48.1 Å². The number of aromatic amines is 1. The molecule has 3 aromatic rings. The first-order valence-electron chi connectivity index (χ1n) is 10.2. The molecule has 4 heteroatoms. The number of pyridine rings is 1. The highest BCUT2D eigenvalue weighted by Gasteiger charge is 2.21. The number of H-pyrrole nitrogens is 1. The molecule has 4 nitrogen and oxygen atoms in total. The topological polar surface area (TPSA) is 44.0 Å². The largest absolute Gasteiger partial charge is 0.354 e. The molecule has 1 fully saturated rings. The molecule has 0 amide bonds. The molecule has 0 saturated carbocycles. The van der Waals surface area contributed by atoms with E-state index in [2.05, 4.69) is 57.4 Å². The van der Waals surface area contributed by atoms with Crippen LogP contribution in [0.25, 0.3) is 22.2 Å². The Balaban J connectivity index is 1.59. The highest BCUT2D eigenvalue weighted by atomic mass is 15.1. The van der Waals surface area contributed by atoms with E-state index in [0.29, 0.717) is 5.92 Å². The molecule has 0 spiro atoms. The van der Waals surface area contributed by atoms with Gasteiger partial charge in [0.2, 0.25) is 0 Å². The molecule has 3 heterocycles. The second-order valence-corrected chi connectivity index (χ2v) is 7.59. The number of benzene rings is 1. The fourth-order valence-electron chi connectivity index (χ4n) is 4.41. The van der Waals surface area contributed by atoms with Gasteiger partial charge in [0, 0.05) is 47.6 Å². The Kier molecular flexibility index (Phi) is 5.55. The van der Waals surface area contributed by atoms with E-state index in [9.17, 15) is 0 Å². The molecule has 1 saturated heterocycles. The Morgan fingerprint density at radius 3 is 2.63 bits per heavy atom. The van der Waals surface area contributed by atoms with Crippen molar-refractivity contribution in [2.24, 2.45) is 0 Å². The quantitative estimate of drug-likeness (QED) is 0.691. The SMILES string of the molecule is CCc1c(-c2ccncc2)[nH]c2ccc(C3CCN(CCNC)CC3)cc12. The summed E-state index contributed by atoms with van der Waals surface area (Å²) in [6, 6.07) is 11.2. The second kappa shape index (κ2) is 8.24. The summed E-state index contributed by atoms with van der Waals surface area (Å²) in [4.78, 5) is 10.4. The van der Waals surface area contributed by atoms with Crippen molar-refractivity contribution in [3.8, 4) is 11.3 Å². The summed E-state index contributed by atoms with van der Waals surface area (Å²) in [5.74, 6) is 0.684. The highest BCUT2D eigenvalue weighted by Crippen LogP contribution is 2.35. The summed E-state index contributed by atoms with van der Waals surface area (Å²) in [6.45, 7) is 6.91. The number of fused-ring (bicyclic) bond motifs is 1. The van der Waals surface area contributed by atoms with Crippen LogP contribution in [0, 0.1) is 0 Å². The highest BCUT2D eigenvalue weighted by molar-refractivity contribution is 5.91. The summed E-state index contributed by atoms with van der Waals surface area (Å²) in [6.07, 6.45) is 7.29. The molecule has 1 aliphatic heterocycles. The zero-order chi connectivity index (χ0) is 18.6. The molecule has 0 radical (unpaired) electrons. The Morgan fingerprint density at radius 2 is 1.93 bits per heavy atom. The standard InChI is InChI=1S/C23H30N4/c1-3-20-21-16-19(17-8-13-27(14-9-17)15-12-24-2)4-5-22(21)26-23(20)18-6-10-25-11-7-18/h4-7,10-11,16-17,24,26H,3,8-9,12-15H2,1-2H3. The van der Waals surface area contributed by atoms with Gasteiger partial charge in [0.15, 0.2) is 0 Å². The van der Waals surface area contributed by atoms with Crippen molar-refractivity contribution >= 4 is 10.9 Å². The lowest BCUT2D eigenvalue weighted by atomic mass is 9.88. The number of piperidine rings is 1. The molecule has 1 aromatic carbocycles. The zero-order valence-corrected chi connectivity index (χ0v) is 16.5. The van der Waals surface area contributed by atoms with Gasteiger partial charge < -0.3 is 15.2 Å². The minimum absolute atomic E-state index is 0.684. The first kappa shape index (κ1) is 18.2. The molecule has 0 atom stereocenters. The second-order valence-electron chi connectivity index (χ2n) is 7.59. The maximum absolute atomic E-state index is 4.16. The van der Waals surface area contributed by atoms with Gasteiger partial charge in [-0.05, 0) is 80.7 Å².